The van der Waals surface area contributed by atoms with Crippen LogP contribution >= 0.6 is 0 Å². The Morgan fingerprint density at radius 3 is 2.24 bits per heavy atom. The SMILES string of the molecule is CNCC(C)Cc1c(C)nc(Cc2ccccc2)nc1C. The highest BCUT2D eigenvalue weighted by molar-refractivity contribution is 5.27. The maximum atomic E-state index is 4.71. The highest BCUT2D eigenvalue weighted by atomic mass is 14.9. The number of hydrogen-bond donors (Lipinski definition) is 1. The van der Waals surface area contributed by atoms with Gasteiger partial charge < -0.3 is 5.32 Å². The van der Waals surface area contributed by atoms with Gasteiger partial charge in [0.2, 0.25) is 0 Å². The van der Waals surface area contributed by atoms with Gasteiger partial charge in [-0.3, -0.25) is 0 Å². The van der Waals surface area contributed by atoms with E-state index < -0.39 is 0 Å². The van der Waals surface area contributed by atoms with Gasteiger partial charge in [-0.15, -0.1) is 0 Å². The minimum Gasteiger partial charge on any atom is -0.319 e. The van der Waals surface area contributed by atoms with Crippen LogP contribution in [0.1, 0.15) is 35.3 Å². The van der Waals surface area contributed by atoms with Crippen molar-refractivity contribution in [2.45, 2.75) is 33.6 Å². The summed E-state index contributed by atoms with van der Waals surface area (Å²) < 4.78 is 0. The van der Waals surface area contributed by atoms with Crippen LogP contribution < -0.4 is 5.32 Å². The summed E-state index contributed by atoms with van der Waals surface area (Å²) in [6.07, 6.45) is 1.83. The van der Waals surface area contributed by atoms with Crippen LogP contribution in [0.4, 0.5) is 0 Å². The van der Waals surface area contributed by atoms with Crippen LogP contribution in [0.3, 0.4) is 0 Å². The Hall–Kier alpha value is -1.74. The lowest BCUT2D eigenvalue weighted by Gasteiger charge is -2.15. The van der Waals surface area contributed by atoms with Crippen molar-refractivity contribution in [2.75, 3.05) is 13.6 Å². The monoisotopic (exact) mass is 283 g/mol. The van der Waals surface area contributed by atoms with Crippen LogP contribution in [0, 0.1) is 19.8 Å². The van der Waals surface area contributed by atoms with E-state index in [1.54, 1.807) is 0 Å². The summed E-state index contributed by atoms with van der Waals surface area (Å²) in [6.45, 7) is 7.48. The predicted molar refractivity (Wildman–Crippen MR) is 87.5 cm³/mol. The van der Waals surface area contributed by atoms with E-state index in [0.29, 0.717) is 5.92 Å². The molecule has 1 unspecified atom stereocenters. The van der Waals surface area contributed by atoms with Gasteiger partial charge in [0.25, 0.3) is 0 Å². The number of hydrogen-bond acceptors (Lipinski definition) is 3. The molecule has 0 aliphatic heterocycles. The predicted octanol–water partition coefficient (Wildman–Crippen LogP) is 3.08. The largest absolute Gasteiger partial charge is 0.319 e. The first-order valence-corrected chi connectivity index (χ1v) is 7.61. The topological polar surface area (TPSA) is 37.8 Å². The number of aryl methyl sites for hydroxylation is 2. The van der Waals surface area contributed by atoms with Crippen molar-refractivity contribution < 1.29 is 0 Å². The molecule has 0 bridgehead atoms. The Bertz CT molecular complexity index is 555. The highest BCUT2D eigenvalue weighted by Crippen LogP contribution is 2.16. The minimum atomic E-state index is 0.593. The van der Waals surface area contributed by atoms with Crippen molar-refractivity contribution in [3.8, 4) is 0 Å². The molecule has 112 valence electrons. The normalized spacial score (nSPS) is 12.4. The second-order valence-corrected chi connectivity index (χ2v) is 5.82. The fourth-order valence-electron chi connectivity index (χ4n) is 2.73. The average molecular weight is 283 g/mol. The smallest absolute Gasteiger partial charge is 0.133 e. The summed E-state index contributed by atoms with van der Waals surface area (Å²) in [5.41, 5.74) is 4.80. The number of aromatic nitrogens is 2. The Morgan fingerprint density at radius 1 is 1.05 bits per heavy atom. The fraction of sp³-hybridized carbons (Fsp3) is 0.444. The summed E-state index contributed by atoms with van der Waals surface area (Å²) in [5, 5.41) is 3.23. The lowest BCUT2D eigenvalue weighted by atomic mass is 9.98. The lowest BCUT2D eigenvalue weighted by molar-refractivity contribution is 0.536. The lowest BCUT2D eigenvalue weighted by Crippen LogP contribution is -2.19. The molecule has 3 nitrogen and oxygen atoms in total. The third kappa shape index (κ3) is 4.36. The minimum absolute atomic E-state index is 0.593. The molecule has 1 aromatic carbocycles. The molecule has 0 spiro atoms. The Balaban J connectivity index is 2.17. The van der Waals surface area contributed by atoms with Gasteiger partial charge in [0, 0.05) is 17.8 Å². The van der Waals surface area contributed by atoms with E-state index >= 15 is 0 Å². The van der Waals surface area contributed by atoms with Gasteiger partial charge in [-0.2, -0.15) is 0 Å². The molecule has 1 heterocycles. The standard InChI is InChI=1S/C18H25N3/c1-13(12-19-4)10-17-14(2)20-18(21-15(17)3)11-16-8-6-5-7-9-16/h5-9,13,19H,10-12H2,1-4H3. The molecule has 21 heavy (non-hydrogen) atoms. The zero-order valence-corrected chi connectivity index (χ0v) is 13.5. The van der Waals surface area contributed by atoms with Crippen LogP contribution in [-0.4, -0.2) is 23.6 Å². The average Bonchev–Trinajstić information content (AvgIpc) is 2.44. The van der Waals surface area contributed by atoms with Crippen molar-refractivity contribution in [1.82, 2.24) is 15.3 Å². The molecule has 1 aromatic heterocycles. The van der Waals surface area contributed by atoms with E-state index in [2.05, 4.69) is 50.4 Å². The second kappa shape index (κ2) is 7.32. The third-order valence-corrected chi connectivity index (χ3v) is 3.78. The van der Waals surface area contributed by atoms with Crippen LogP contribution in [0.2, 0.25) is 0 Å². The van der Waals surface area contributed by atoms with Crippen molar-refractivity contribution >= 4 is 0 Å². The van der Waals surface area contributed by atoms with E-state index in [0.717, 1.165) is 36.6 Å². The quantitative estimate of drug-likeness (QED) is 0.885. The molecule has 0 radical (unpaired) electrons. The van der Waals surface area contributed by atoms with Gasteiger partial charge in [0.05, 0.1) is 0 Å². The molecule has 2 rings (SSSR count). The van der Waals surface area contributed by atoms with Gasteiger partial charge in [-0.05, 0) is 50.9 Å². The van der Waals surface area contributed by atoms with Crippen LogP contribution in [0.25, 0.3) is 0 Å². The van der Waals surface area contributed by atoms with Gasteiger partial charge in [-0.25, -0.2) is 9.97 Å². The van der Waals surface area contributed by atoms with Gasteiger partial charge in [0.15, 0.2) is 0 Å². The maximum Gasteiger partial charge on any atom is 0.133 e. The number of rotatable bonds is 6. The maximum absolute atomic E-state index is 4.71. The molecular weight excluding hydrogens is 258 g/mol. The zero-order chi connectivity index (χ0) is 15.2. The van der Waals surface area contributed by atoms with Crippen molar-refractivity contribution in [1.29, 1.82) is 0 Å². The zero-order valence-electron chi connectivity index (χ0n) is 13.5. The first-order valence-electron chi connectivity index (χ1n) is 7.61. The van der Waals surface area contributed by atoms with Crippen LogP contribution in [0.5, 0.6) is 0 Å². The Kier molecular flexibility index (Phi) is 5.45. The molecule has 0 fully saturated rings. The summed E-state index contributed by atoms with van der Waals surface area (Å²) >= 11 is 0. The molecule has 0 aliphatic carbocycles. The van der Waals surface area contributed by atoms with E-state index in [4.69, 9.17) is 9.97 Å². The first-order chi connectivity index (χ1) is 10.1. The van der Waals surface area contributed by atoms with Crippen molar-refractivity contribution in [3.63, 3.8) is 0 Å². The van der Waals surface area contributed by atoms with Crippen LogP contribution in [-0.2, 0) is 12.8 Å². The number of nitrogens with zero attached hydrogens (tertiary/aromatic N) is 2. The molecule has 0 saturated carbocycles. The van der Waals surface area contributed by atoms with E-state index in [1.807, 2.05) is 13.1 Å². The van der Waals surface area contributed by atoms with Crippen LogP contribution in [0.15, 0.2) is 30.3 Å². The molecule has 0 saturated heterocycles. The summed E-state index contributed by atoms with van der Waals surface area (Å²) in [6, 6.07) is 10.4. The van der Waals surface area contributed by atoms with E-state index in [-0.39, 0.29) is 0 Å². The second-order valence-electron chi connectivity index (χ2n) is 5.82. The highest BCUT2D eigenvalue weighted by Gasteiger charge is 2.12. The van der Waals surface area contributed by atoms with Crippen molar-refractivity contribution in [2.24, 2.45) is 5.92 Å². The molecule has 0 amide bonds. The number of nitrogens with one attached hydrogen (secondary N) is 1. The Labute approximate surface area is 127 Å². The van der Waals surface area contributed by atoms with Gasteiger partial charge >= 0.3 is 0 Å². The Morgan fingerprint density at radius 2 is 1.67 bits per heavy atom. The first kappa shape index (κ1) is 15.6. The van der Waals surface area contributed by atoms with E-state index in [1.165, 1.54) is 11.1 Å². The third-order valence-electron chi connectivity index (χ3n) is 3.78. The number of benzene rings is 1. The molecule has 0 aliphatic rings. The molecule has 3 heteroatoms. The van der Waals surface area contributed by atoms with E-state index in [9.17, 15) is 0 Å². The summed E-state index contributed by atoms with van der Waals surface area (Å²) in [7, 11) is 2.00. The molecule has 1 N–H and O–H groups in total. The molecule has 1 atom stereocenters. The fourth-order valence-corrected chi connectivity index (χ4v) is 2.73. The van der Waals surface area contributed by atoms with Gasteiger partial charge in [-0.1, -0.05) is 37.3 Å². The summed E-state index contributed by atoms with van der Waals surface area (Å²) in [5.74, 6) is 1.51. The molecule has 2 aromatic rings. The van der Waals surface area contributed by atoms with Gasteiger partial charge in [0.1, 0.15) is 5.82 Å². The summed E-state index contributed by atoms with van der Waals surface area (Å²) in [4.78, 5) is 9.42. The van der Waals surface area contributed by atoms with Crippen molar-refractivity contribution in [3.05, 3.63) is 58.7 Å². The molecular formula is C18H25N3.